The molecule has 0 heterocycles. The molecule has 2 rings (SSSR count). The van der Waals surface area contributed by atoms with E-state index < -0.39 is 53.2 Å². The van der Waals surface area contributed by atoms with Crippen LogP contribution < -0.4 is 11.5 Å². The van der Waals surface area contributed by atoms with Gasteiger partial charge in [0.05, 0.1) is 5.92 Å². The molecule has 1 amide bonds. The highest BCUT2D eigenvalue weighted by Crippen LogP contribution is 2.68. The van der Waals surface area contributed by atoms with Crippen molar-refractivity contribution in [2.45, 2.75) is 18.6 Å². The van der Waals surface area contributed by atoms with Crippen molar-refractivity contribution < 1.29 is 29.0 Å². The summed E-state index contributed by atoms with van der Waals surface area (Å²) in [6, 6.07) is -1.73. The number of aliphatic carboxylic acids is 2. The smallest absolute Gasteiger partial charge is 0.315 e. The van der Waals surface area contributed by atoms with Gasteiger partial charge in [-0.05, 0) is 18.3 Å². The summed E-state index contributed by atoms with van der Waals surface area (Å²) in [4.78, 5) is 33.4. The minimum Gasteiger partial charge on any atom is -0.481 e. The molecule has 7 nitrogen and oxygen atoms in total. The van der Waals surface area contributed by atoms with Crippen LogP contribution in [0, 0.1) is 23.2 Å². The molecule has 100 valence electrons. The maximum atomic E-state index is 14.0. The first-order valence-corrected chi connectivity index (χ1v) is 5.41. The number of alkyl halides is 1. The van der Waals surface area contributed by atoms with Gasteiger partial charge in [0.1, 0.15) is 17.6 Å². The van der Waals surface area contributed by atoms with E-state index in [0.717, 1.165) is 0 Å². The Bertz CT molecular complexity index is 442. The molecule has 0 aromatic rings. The first kappa shape index (κ1) is 12.7. The number of halogens is 1. The lowest BCUT2D eigenvalue weighted by atomic mass is 9.73. The number of amides is 1. The number of primary amides is 1. The van der Waals surface area contributed by atoms with Crippen LogP contribution in [0.5, 0.6) is 0 Å². The normalized spacial score (nSPS) is 43.0. The first-order chi connectivity index (χ1) is 8.26. The minimum absolute atomic E-state index is 0.213. The monoisotopic (exact) mass is 260 g/mol. The number of carboxylic acid groups (broad SMARTS) is 2. The molecule has 0 bridgehead atoms. The third-order valence-electron chi connectivity index (χ3n) is 4.19. The van der Waals surface area contributed by atoms with E-state index in [2.05, 4.69) is 0 Å². The molecular weight excluding hydrogens is 247 g/mol. The maximum absolute atomic E-state index is 14.0. The highest BCUT2D eigenvalue weighted by molar-refractivity contribution is 5.92. The zero-order valence-corrected chi connectivity index (χ0v) is 9.25. The Hall–Kier alpha value is -1.70. The SMILES string of the molecule is NC(=O)C(N)[C@]1(C(=O)O)[C@H]2[C@@H](C[C@@H]1F)[C@@H]2C(=O)O. The predicted molar refractivity (Wildman–Crippen MR) is 54.9 cm³/mol. The van der Waals surface area contributed by atoms with Crippen LogP contribution >= 0.6 is 0 Å². The lowest BCUT2D eigenvalue weighted by molar-refractivity contribution is -0.160. The fraction of sp³-hybridized carbons (Fsp3) is 0.700. The molecule has 2 fully saturated rings. The number of rotatable bonds is 4. The summed E-state index contributed by atoms with van der Waals surface area (Å²) >= 11 is 0. The second kappa shape index (κ2) is 3.64. The van der Waals surface area contributed by atoms with Gasteiger partial charge in [-0.2, -0.15) is 0 Å². The largest absolute Gasteiger partial charge is 0.481 e. The number of carbonyl (C=O) groups excluding carboxylic acids is 1. The molecule has 8 heteroatoms. The van der Waals surface area contributed by atoms with Gasteiger partial charge in [-0.3, -0.25) is 14.4 Å². The van der Waals surface area contributed by atoms with Crippen LogP contribution in [0.3, 0.4) is 0 Å². The van der Waals surface area contributed by atoms with Gasteiger partial charge in [0.2, 0.25) is 5.91 Å². The lowest BCUT2D eigenvalue weighted by Gasteiger charge is -2.33. The van der Waals surface area contributed by atoms with E-state index in [1.165, 1.54) is 0 Å². The first-order valence-electron chi connectivity index (χ1n) is 5.41. The zero-order valence-electron chi connectivity index (χ0n) is 9.25. The van der Waals surface area contributed by atoms with Gasteiger partial charge in [-0.1, -0.05) is 0 Å². The summed E-state index contributed by atoms with van der Waals surface area (Å²) in [6.07, 6.45) is -2.07. The van der Waals surface area contributed by atoms with E-state index in [4.69, 9.17) is 16.6 Å². The van der Waals surface area contributed by atoms with Gasteiger partial charge in [0.15, 0.2) is 0 Å². The van der Waals surface area contributed by atoms with E-state index >= 15 is 0 Å². The molecule has 0 aliphatic heterocycles. The van der Waals surface area contributed by atoms with Crippen molar-refractivity contribution in [2.24, 2.45) is 34.6 Å². The molecule has 2 saturated carbocycles. The van der Waals surface area contributed by atoms with Crippen molar-refractivity contribution in [3.05, 3.63) is 0 Å². The van der Waals surface area contributed by atoms with E-state index in [0.29, 0.717) is 0 Å². The second-order valence-electron chi connectivity index (χ2n) is 4.88. The van der Waals surface area contributed by atoms with Gasteiger partial charge in [-0.25, -0.2) is 4.39 Å². The maximum Gasteiger partial charge on any atom is 0.315 e. The molecule has 0 radical (unpaired) electrons. The van der Waals surface area contributed by atoms with Gasteiger partial charge < -0.3 is 21.7 Å². The molecule has 18 heavy (non-hydrogen) atoms. The molecule has 0 spiro atoms. The van der Waals surface area contributed by atoms with E-state index in [1.807, 2.05) is 0 Å². The Morgan fingerprint density at radius 1 is 1.33 bits per heavy atom. The molecule has 0 aromatic carbocycles. The molecule has 6 N–H and O–H groups in total. The lowest BCUT2D eigenvalue weighted by Crippen LogP contribution is -2.59. The molecule has 2 aliphatic rings. The Morgan fingerprint density at radius 3 is 2.28 bits per heavy atom. The summed E-state index contributed by atoms with van der Waals surface area (Å²) in [5.74, 6) is -6.45. The van der Waals surface area contributed by atoms with Crippen LogP contribution in [0.4, 0.5) is 4.39 Å². The van der Waals surface area contributed by atoms with Crippen molar-refractivity contribution in [1.29, 1.82) is 0 Å². The van der Waals surface area contributed by atoms with Crippen molar-refractivity contribution in [1.82, 2.24) is 0 Å². The number of fused-ring (bicyclic) bond motifs is 1. The number of carboxylic acids is 2. The standard InChI is InChI=1S/C10H13FN2O5/c11-3-1-2-4(8(15)16)5(2)10(3,9(17)18)6(12)7(13)14/h2-6H,1,12H2,(H2,13,14)(H,15,16)(H,17,18)/t2-,3-,4-,5-,6?,10+/m0/s1. The van der Waals surface area contributed by atoms with Crippen LogP contribution in [-0.2, 0) is 14.4 Å². The van der Waals surface area contributed by atoms with E-state index in [-0.39, 0.29) is 6.42 Å². The van der Waals surface area contributed by atoms with E-state index in [9.17, 15) is 23.9 Å². The third kappa shape index (κ3) is 1.29. The van der Waals surface area contributed by atoms with Crippen LogP contribution in [0.1, 0.15) is 6.42 Å². The average molecular weight is 260 g/mol. The number of hydrogen-bond acceptors (Lipinski definition) is 4. The highest BCUT2D eigenvalue weighted by Gasteiger charge is 2.78. The summed E-state index contributed by atoms with van der Waals surface area (Å²) in [5.41, 5.74) is 8.19. The molecule has 2 aliphatic carbocycles. The summed E-state index contributed by atoms with van der Waals surface area (Å²) < 4.78 is 14.0. The zero-order chi connectivity index (χ0) is 13.8. The van der Waals surface area contributed by atoms with Gasteiger partial charge in [0, 0.05) is 0 Å². The predicted octanol–water partition coefficient (Wildman–Crippen LogP) is -1.44. The molecular formula is C10H13FN2O5. The summed E-state index contributed by atoms with van der Waals surface area (Å²) in [7, 11) is 0. The summed E-state index contributed by atoms with van der Waals surface area (Å²) in [5, 5.41) is 18.1. The Labute approximate surface area is 101 Å². The molecule has 1 unspecified atom stereocenters. The molecule has 6 atom stereocenters. The number of carbonyl (C=O) groups is 3. The van der Waals surface area contributed by atoms with Gasteiger partial charge in [0.25, 0.3) is 0 Å². The Balaban J connectivity index is 2.44. The number of nitrogens with two attached hydrogens (primary N) is 2. The quantitative estimate of drug-likeness (QED) is 0.487. The fourth-order valence-corrected chi connectivity index (χ4v) is 3.35. The van der Waals surface area contributed by atoms with Gasteiger partial charge in [-0.15, -0.1) is 0 Å². The topological polar surface area (TPSA) is 144 Å². The minimum atomic E-state index is -2.21. The molecule has 0 aromatic heterocycles. The van der Waals surface area contributed by atoms with Crippen molar-refractivity contribution in [3.63, 3.8) is 0 Å². The second-order valence-corrected chi connectivity index (χ2v) is 4.88. The van der Waals surface area contributed by atoms with Crippen LogP contribution in [0.15, 0.2) is 0 Å². The Morgan fingerprint density at radius 2 is 1.89 bits per heavy atom. The van der Waals surface area contributed by atoms with Crippen LogP contribution in [0.2, 0.25) is 0 Å². The highest BCUT2D eigenvalue weighted by atomic mass is 19.1. The Kier molecular flexibility index (Phi) is 2.58. The molecule has 0 saturated heterocycles. The van der Waals surface area contributed by atoms with Crippen molar-refractivity contribution in [2.75, 3.05) is 0 Å². The van der Waals surface area contributed by atoms with Crippen molar-refractivity contribution >= 4 is 17.8 Å². The third-order valence-corrected chi connectivity index (χ3v) is 4.19. The summed E-state index contributed by atoms with van der Waals surface area (Å²) in [6.45, 7) is 0. The number of hydrogen-bond donors (Lipinski definition) is 4. The van der Waals surface area contributed by atoms with Gasteiger partial charge >= 0.3 is 11.9 Å². The average Bonchev–Trinajstić information content (AvgIpc) is 2.85. The fourth-order valence-electron chi connectivity index (χ4n) is 3.35. The van der Waals surface area contributed by atoms with Crippen molar-refractivity contribution in [3.8, 4) is 0 Å². The van der Waals surface area contributed by atoms with Crippen LogP contribution in [0.25, 0.3) is 0 Å². The van der Waals surface area contributed by atoms with Crippen LogP contribution in [-0.4, -0.2) is 40.3 Å². The van der Waals surface area contributed by atoms with E-state index in [1.54, 1.807) is 0 Å².